The number of allylic oxidation sites excluding steroid dienone is 1. The Balaban J connectivity index is 2.02. The largest absolute Gasteiger partial charge is 0.383 e. The van der Waals surface area contributed by atoms with Crippen LogP contribution in [-0.4, -0.2) is 16.8 Å². The molecule has 0 saturated carbocycles. The smallest absolute Gasteiger partial charge is 0.270 e. The van der Waals surface area contributed by atoms with Gasteiger partial charge in [-0.2, -0.15) is 10.5 Å². The van der Waals surface area contributed by atoms with Crippen molar-refractivity contribution >= 4 is 11.8 Å². The van der Waals surface area contributed by atoms with Gasteiger partial charge in [-0.3, -0.25) is 15.0 Å². The molecular weight excluding hydrogens is 354 g/mol. The number of carbonyl (C=O) groups is 2. The summed E-state index contributed by atoms with van der Waals surface area (Å²) in [7, 11) is 0. The number of hydrogen-bond donors (Lipinski definition) is 2. The number of benzene rings is 2. The predicted molar refractivity (Wildman–Crippen MR) is 101 cm³/mol. The van der Waals surface area contributed by atoms with Crippen LogP contribution in [-0.2, 0) is 4.79 Å². The first kappa shape index (κ1) is 18.7. The summed E-state index contributed by atoms with van der Waals surface area (Å²) in [5, 5.41) is 20.1. The molecule has 2 unspecified atom stereocenters. The molecule has 0 fully saturated rings. The van der Waals surface area contributed by atoms with Crippen LogP contribution in [0.5, 0.6) is 0 Å². The fraction of sp³-hybridized carbons (Fsp3) is 0.143. The molecule has 2 amide bonds. The first-order chi connectivity index (χ1) is 13.5. The van der Waals surface area contributed by atoms with Gasteiger partial charge in [-0.1, -0.05) is 48.0 Å². The number of carbonyl (C=O) groups excluding carboxylic acids is 2. The highest BCUT2D eigenvalue weighted by atomic mass is 16.2. The molecule has 2 aromatic carbocycles. The van der Waals surface area contributed by atoms with Gasteiger partial charge in [0.1, 0.15) is 11.7 Å². The molecule has 2 atom stereocenters. The number of hydrogen-bond acceptors (Lipinski definition) is 5. The zero-order chi connectivity index (χ0) is 20.3. The summed E-state index contributed by atoms with van der Waals surface area (Å²) in [6.07, 6.45) is 0. The van der Waals surface area contributed by atoms with Crippen molar-refractivity contribution in [2.45, 2.75) is 12.8 Å². The minimum Gasteiger partial charge on any atom is -0.383 e. The van der Waals surface area contributed by atoms with Crippen LogP contribution in [0.15, 0.2) is 66.0 Å². The van der Waals surface area contributed by atoms with Crippen LogP contribution in [0.3, 0.4) is 0 Å². The second-order valence-corrected chi connectivity index (χ2v) is 6.39. The Morgan fingerprint density at radius 3 is 2.32 bits per heavy atom. The van der Waals surface area contributed by atoms with Crippen LogP contribution in [0, 0.1) is 35.5 Å². The number of nitrogens with two attached hydrogens (primary N) is 1. The summed E-state index contributed by atoms with van der Waals surface area (Å²) in [5.74, 6) is -3.43. The van der Waals surface area contributed by atoms with Crippen molar-refractivity contribution in [2.75, 3.05) is 0 Å². The van der Waals surface area contributed by atoms with Gasteiger partial charge in [-0.05, 0) is 24.6 Å². The number of hydrazine groups is 1. The minimum absolute atomic E-state index is 0.0587. The molecule has 1 aliphatic rings. The summed E-state index contributed by atoms with van der Waals surface area (Å²) < 4.78 is 0. The van der Waals surface area contributed by atoms with Crippen molar-refractivity contribution in [1.82, 2.24) is 10.4 Å². The summed E-state index contributed by atoms with van der Waals surface area (Å²) >= 11 is 0. The molecule has 1 heterocycles. The van der Waals surface area contributed by atoms with E-state index in [4.69, 9.17) is 5.73 Å². The molecule has 0 aliphatic carbocycles. The lowest BCUT2D eigenvalue weighted by molar-refractivity contribution is -0.135. The van der Waals surface area contributed by atoms with E-state index in [9.17, 15) is 20.1 Å². The van der Waals surface area contributed by atoms with Crippen LogP contribution >= 0.6 is 0 Å². The zero-order valence-corrected chi connectivity index (χ0v) is 15.1. The Labute approximate surface area is 162 Å². The Morgan fingerprint density at radius 1 is 1.11 bits per heavy atom. The van der Waals surface area contributed by atoms with E-state index in [1.54, 1.807) is 42.5 Å². The number of nitrogens with one attached hydrogen (secondary N) is 1. The van der Waals surface area contributed by atoms with E-state index < -0.39 is 23.7 Å². The number of aryl methyl sites for hydroxylation is 1. The molecule has 0 aromatic heterocycles. The van der Waals surface area contributed by atoms with Crippen LogP contribution in [0.25, 0.3) is 0 Å². The highest BCUT2D eigenvalue weighted by Crippen LogP contribution is 2.38. The first-order valence-electron chi connectivity index (χ1n) is 8.54. The zero-order valence-electron chi connectivity index (χ0n) is 15.1. The summed E-state index contributed by atoms with van der Waals surface area (Å²) in [6, 6.07) is 19.4. The van der Waals surface area contributed by atoms with Crippen molar-refractivity contribution < 1.29 is 9.59 Å². The topological polar surface area (TPSA) is 123 Å². The molecule has 2 aromatic rings. The molecule has 0 radical (unpaired) electrons. The van der Waals surface area contributed by atoms with Crippen molar-refractivity contribution in [3.05, 3.63) is 82.7 Å². The van der Waals surface area contributed by atoms with Gasteiger partial charge >= 0.3 is 0 Å². The third kappa shape index (κ3) is 3.29. The maximum Gasteiger partial charge on any atom is 0.270 e. The third-order valence-electron chi connectivity index (χ3n) is 4.59. The van der Waals surface area contributed by atoms with Crippen LogP contribution in [0.4, 0.5) is 0 Å². The SMILES string of the molecule is Cc1ccc(C2C(C#N)=C(N)N(NC(=O)c3ccccc3)C(=O)C2C#N)cc1. The number of amides is 2. The van der Waals surface area contributed by atoms with Gasteiger partial charge in [-0.15, -0.1) is 0 Å². The maximum absolute atomic E-state index is 12.9. The quantitative estimate of drug-likeness (QED) is 0.855. The van der Waals surface area contributed by atoms with Gasteiger partial charge in [0.05, 0.1) is 17.7 Å². The highest BCUT2D eigenvalue weighted by Gasteiger charge is 2.43. The van der Waals surface area contributed by atoms with Gasteiger partial charge < -0.3 is 5.73 Å². The van der Waals surface area contributed by atoms with E-state index in [1.807, 2.05) is 31.2 Å². The van der Waals surface area contributed by atoms with Gasteiger partial charge in [-0.25, -0.2) is 5.01 Å². The Hall–Kier alpha value is -4.10. The van der Waals surface area contributed by atoms with Gasteiger partial charge in [0.15, 0.2) is 0 Å². The van der Waals surface area contributed by atoms with E-state index in [2.05, 4.69) is 5.43 Å². The van der Waals surface area contributed by atoms with E-state index in [1.165, 1.54) is 0 Å². The average Bonchev–Trinajstić information content (AvgIpc) is 2.72. The first-order valence-corrected chi connectivity index (χ1v) is 8.54. The molecule has 0 saturated heterocycles. The van der Waals surface area contributed by atoms with Crippen molar-refractivity contribution in [3.63, 3.8) is 0 Å². The Kier molecular flexibility index (Phi) is 5.10. The summed E-state index contributed by atoms with van der Waals surface area (Å²) in [4.78, 5) is 25.3. The molecule has 7 heteroatoms. The molecule has 1 aliphatic heterocycles. The number of nitrogens with zero attached hydrogens (tertiary/aromatic N) is 3. The van der Waals surface area contributed by atoms with Crippen LogP contribution in [0.2, 0.25) is 0 Å². The maximum atomic E-state index is 12.9. The number of nitriles is 2. The van der Waals surface area contributed by atoms with Crippen molar-refractivity contribution in [3.8, 4) is 12.1 Å². The molecule has 3 rings (SSSR count). The third-order valence-corrected chi connectivity index (χ3v) is 4.59. The minimum atomic E-state index is -1.19. The number of rotatable bonds is 3. The van der Waals surface area contributed by atoms with Gasteiger partial charge in [0.2, 0.25) is 0 Å². The highest BCUT2D eigenvalue weighted by molar-refractivity contribution is 5.97. The van der Waals surface area contributed by atoms with Gasteiger partial charge in [0.25, 0.3) is 11.8 Å². The lowest BCUT2D eigenvalue weighted by Crippen LogP contribution is -2.54. The molecule has 7 nitrogen and oxygen atoms in total. The fourth-order valence-corrected chi connectivity index (χ4v) is 3.11. The van der Waals surface area contributed by atoms with E-state index in [0.29, 0.717) is 11.1 Å². The Bertz CT molecular complexity index is 1030. The van der Waals surface area contributed by atoms with Crippen LogP contribution < -0.4 is 11.2 Å². The fourth-order valence-electron chi connectivity index (χ4n) is 3.11. The molecule has 28 heavy (non-hydrogen) atoms. The summed E-state index contributed by atoms with van der Waals surface area (Å²) in [5.41, 5.74) is 10.5. The Morgan fingerprint density at radius 2 is 1.75 bits per heavy atom. The van der Waals surface area contributed by atoms with Crippen molar-refractivity contribution in [2.24, 2.45) is 11.7 Å². The average molecular weight is 371 g/mol. The second kappa shape index (κ2) is 7.65. The predicted octanol–water partition coefficient (Wildman–Crippen LogP) is 2.10. The van der Waals surface area contributed by atoms with E-state index >= 15 is 0 Å². The molecule has 3 N–H and O–H groups in total. The van der Waals surface area contributed by atoms with E-state index in [-0.39, 0.29) is 11.4 Å². The van der Waals surface area contributed by atoms with Crippen molar-refractivity contribution in [1.29, 1.82) is 10.5 Å². The second-order valence-electron chi connectivity index (χ2n) is 6.39. The van der Waals surface area contributed by atoms with Crippen LogP contribution in [0.1, 0.15) is 27.4 Å². The molecular formula is C21H17N5O2. The van der Waals surface area contributed by atoms with Gasteiger partial charge in [0, 0.05) is 11.5 Å². The summed E-state index contributed by atoms with van der Waals surface area (Å²) in [6.45, 7) is 1.91. The molecule has 0 bridgehead atoms. The van der Waals surface area contributed by atoms with E-state index in [0.717, 1.165) is 10.6 Å². The lowest BCUT2D eigenvalue weighted by atomic mass is 9.78. The molecule has 138 valence electrons. The standard InChI is InChI=1S/C21H17N5O2/c1-13-7-9-14(10-8-13)18-16(11-22)19(24)26(21(28)17(18)12-23)25-20(27)15-5-3-2-4-6-15/h2-10,17-18H,24H2,1H3,(H,25,27). The monoisotopic (exact) mass is 371 g/mol. The normalized spacial score (nSPS) is 19.0. The lowest BCUT2D eigenvalue weighted by Gasteiger charge is -2.34. The molecule has 0 spiro atoms.